The van der Waals surface area contributed by atoms with Gasteiger partial charge in [0.1, 0.15) is 4.88 Å². The third-order valence-electron chi connectivity index (χ3n) is 2.45. The van der Waals surface area contributed by atoms with Crippen molar-refractivity contribution in [2.45, 2.75) is 0 Å². The smallest absolute Gasteiger partial charge is 0.206 e. The van der Waals surface area contributed by atoms with E-state index in [9.17, 15) is 4.79 Å². The Balaban J connectivity index is 2.09. The quantitative estimate of drug-likeness (QED) is 0.646. The van der Waals surface area contributed by atoms with Gasteiger partial charge in [-0.25, -0.2) is 0 Å². The van der Waals surface area contributed by atoms with Crippen LogP contribution in [0.2, 0.25) is 0 Å². The van der Waals surface area contributed by atoms with Crippen LogP contribution in [0.25, 0.3) is 10.9 Å². The van der Waals surface area contributed by atoms with E-state index < -0.39 is 0 Å². The molecule has 1 aromatic carbocycles. The molecule has 4 nitrogen and oxygen atoms in total. The number of benzene rings is 1. The van der Waals surface area contributed by atoms with Crippen molar-refractivity contribution in [1.29, 1.82) is 0 Å². The lowest BCUT2D eigenvalue weighted by Crippen LogP contribution is -1.98. The van der Waals surface area contributed by atoms with Gasteiger partial charge in [-0.1, -0.05) is 10.6 Å². The Hall–Kier alpha value is -2.14. The lowest BCUT2D eigenvalue weighted by molar-refractivity contribution is 0.104. The van der Waals surface area contributed by atoms with E-state index in [4.69, 9.17) is 0 Å². The predicted molar refractivity (Wildman–Crippen MR) is 65.1 cm³/mol. The predicted octanol–water partition coefficient (Wildman–Crippen LogP) is 2.32. The fourth-order valence-electron chi connectivity index (χ4n) is 1.63. The van der Waals surface area contributed by atoms with E-state index in [1.807, 2.05) is 24.3 Å². The average molecular weight is 241 g/mol. The zero-order valence-corrected chi connectivity index (χ0v) is 9.52. The van der Waals surface area contributed by atoms with E-state index in [1.165, 1.54) is 6.20 Å². The standard InChI is InChI=1S/C12H7N3OS/c16-12(11-7-14-15-17-11)9-3-4-10-8(6-9)2-1-5-13-10/h1-7H. The first kappa shape index (κ1) is 10.0. The van der Waals surface area contributed by atoms with Crippen LogP contribution in [0.15, 0.2) is 42.7 Å². The van der Waals surface area contributed by atoms with E-state index in [-0.39, 0.29) is 5.78 Å². The molecule has 0 saturated carbocycles. The van der Waals surface area contributed by atoms with Gasteiger partial charge in [0.15, 0.2) is 0 Å². The maximum atomic E-state index is 12.1. The summed E-state index contributed by atoms with van der Waals surface area (Å²) in [5.74, 6) is -0.0502. The number of fused-ring (bicyclic) bond motifs is 1. The Morgan fingerprint density at radius 2 is 2.18 bits per heavy atom. The molecule has 0 atom stereocenters. The first-order valence-electron chi connectivity index (χ1n) is 5.01. The zero-order chi connectivity index (χ0) is 11.7. The molecule has 0 N–H and O–H groups in total. The van der Waals surface area contributed by atoms with Gasteiger partial charge in [-0.05, 0) is 35.8 Å². The summed E-state index contributed by atoms with van der Waals surface area (Å²) in [7, 11) is 0. The molecule has 5 heteroatoms. The highest BCUT2D eigenvalue weighted by Crippen LogP contribution is 2.17. The Kier molecular flexibility index (Phi) is 2.38. The van der Waals surface area contributed by atoms with Gasteiger partial charge in [-0.15, -0.1) is 5.10 Å². The normalized spacial score (nSPS) is 10.6. The molecule has 0 amide bonds. The number of nitrogens with zero attached hydrogens (tertiary/aromatic N) is 3. The van der Waals surface area contributed by atoms with Crippen LogP contribution in [0.4, 0.5) is 0 Å². The number of carbonyl (C=O) groups is 1. The summed E-state index contributed by atoms with van der Waals surface area (Å²) in [5.41, 5.74) is 1.52. The van der Waals surface area contributed by atoms with Gasteiger partial charge in [-0.2, -0.15) is 0 Å². The van der Waals surface area contributed by atoms with Crippen molar-refractivity contribution in [3.8, 4) is 0 Å². The number of pyridine rings is 1. The fraction of sp³-hybridized carbons (Fsp3) is 0. The molecule has 0 fully saturated rings. The van der Waals surface area contributed by atoms with Gasteiger partial charge in [0.05, 0.1) is 11.7 Å². The second-order valence-corrected chi connectivity index (χ2v) is 4.31. The summed E-state index contributed by atoms with van der Waals surface area (Å²) >= 11 is 1.10. The van der Waals surface area contributed by atoms with Crippen LogP contribution < -0.4 is 0 Å². The number of hydrogen-bond acceptors (Lipinski definition) is 5. The zero-order valence-electron chi connectivity index (χ0n) is 8.70. The SMILES string of the molecule is O=C(c1ccc2ncccc2c1)c1cnns1. The van der Waals surface area contributed by atoms with E-state index in [0.29, 0.717) is 10.4 Å². The van der Waals surface area contributed by atoms with E-state index >= 15 is 0 Å². The number of aromatic nitrogens is 3. The molecule has 0 radical (unpaired) electrons. The van der Waals surface area contributed by atoms with Crippen molar-refractivity contribution in [3.05, 3.63) is 53.2 Å². The molecule has 0 aliphatic heterocycles. The van der Waals surface area contributed by atoms with Gasteiger partial charge in [0.25, 0.3) is 0 Å². The van der Waals surface area contributed by atoms with E-state index in [1.54, 1.807) is 12.3 Å². The molecule has 0 spiro atoms. The lowest BCUT2D eigenvalue weighted by atomic mass is 10.1. The van der Waals surface area contributed by atoms with Gasteiger partial charge >= 0.3 is 0 Å². The van der Waals surface area contributed by atoms with Gasteiger partial charge < -0.3 is 0 Å². The second kappa shape index (κ2) is 4.03. The van der Waals surface area contributed by atoms with Crippen molar-refractivity contribution >= 4 is 28.2 Å². The summed E-state index contributed by atoms with van der Waals surface area (Å²) in [6.45, 7) is 0. The van der Waals surface area contributed by atoms with Crippen LogP contribution in [0, 0.1) is 0 Å². The van der Waals surface area contributed by atoms with Crippen LogP contribution in [-0.4, -0.2) is 20.4 Å². The Labute approximate surface area is 101 Å². The van der Waals surface area contributed by atoms with Gasteiger partial charge in [0, 0.05) is 17.1 Å². The minimum atomic E-state index is -0.0502. The van der Waals surface area contributed by atoms with E-state index in [0.717, 1.165) is 22.4 Å². The second-order valence-electron chi connectivity index (χ2n) is 3.52. The van der Waals surface area contributed by atoms with Crippen molar-refractivity contribution < 1.29 is 4.79 Å². The number of rotatable bonds is 2. The molecule has 0 bridgehead atoms. The monoisotopic (exact) mass is 241 g/mol. The molecule has 2 heterocycles. The first-order valence-corrected chi connectivity index (χ1v) is 5.79. The molecule has 82 valence electrons. The van der Waals surface area contributed by atoms with Crippen molar-refractivity contribution in [2.24, 2.45) is 0 Å². The highest BCUT2D eigenvalue weighted by molar-refractivity contribution is 7.08. The first-order chi connectivity index (χ1) is 8.34. The van der Waals surface area contributed by atoms with Crippen molar-refractivity contribution in [1.82, 2.24) is 14.6 Å². The van der Waals surface area contributed by atoms with Gasteiger partial charge in [-0.3, -0.25) is 9.78 Å². The van der Waals surface area contributed by atoms with Crippen molar-refractivity contribution in [3.63, 3.8) is 0 Å². The number of hydrogen-bond donors (Lipinski definition) is 0. The Morgan fingerprint density at radius 1 is 1.24 bits per heavy atom. The topological polar surface area (TPSA) is 55.7 Å². The van der Waals surface area contributed by atoms with Gasteiger partial charge in [0.2, 0.25) is 5.78 Å². The summed E-state index contributed by atoms with van der Waals surface area (Å²) in [6.07, 6.45) is 3.22. The maximum absolute atomic E-state index is 12.1. The molecule has 17 heavy (non-hydrogen) atoms. The van der Waals surface area contributed by atoms with Crippen LogP contribution in [-0.2, 0) is 0 Å². The molecule has 2 aromatic heterocycles. The summed E-state index contributed by atoms with van der Waals surface area (Å²) in [6, 6.07) is 9.24. The molecule has 0 aliphatic carbocycles. The number of ketones is 1. The minimum absolute atomic E-state index is 0.0502. The number of carbonyl (C=O) groups excluding carboxylic acids is 1. The summed E-state index contributed by atoms with van der Waals surface area (Å²) in [4.78, 5) is 16.8. The maximum Gasteiger partial charge on any atom is 0.206 e. The molecule has 0 aliphatic rings. The highest BCUT2D eigenvalue weighted by atomic mass is 32.1. The third-order valence-corrected chi connectivity index (χ3v) is 3.11. The molecule has 3 rings (SSSR count). The van der Waals surface area contributed by atoms with Crippen molar-refractivity contribution in [2.75, 3.05) is 0 Å². The molecule has 3 aromatic rings. The Morgan fingerprint density at radius 3 is 3.00 bits per heavy atom. The molecule has 0 saturated heterocycles. The van der Waals surface area contributed by atoms with Crippen LogP contribution in [0.1, 0.15) is 15.2 Å². The highest BCUT2D eigenvalue weighted by Gasteiger charge is 2.11. The molecular formula is C12H7N3OS. The lowest BCUT2D eigenvalue weighted by Gasteiger charge is -2.00. The van der Waals surface area contributed by atoms with Crippen LogP contribution in [0.3, 0.4) is 0 Å². The van der Waals surface area contributed by atoms with E-state index in [2.05, 4.69) is 14.6 Å². The average Bonchev–Trinajstić information content (AvgIpc) is 2.91. The summed E-state index contributed by atoms with van der Waals surface area (Å²) < 4.78 is 3.69. The minimum Gasteiger partial charge on any atom is -0.288 e. The molecular weight excluding hydrogens is 234 g/mol. The Bertz CT molecular complexity index is 679. The van der Waals surface area contributed by atoms with Crippen LogP contribution in [0.5, 0.6) is 0 Å². The van der Waals surface area contributed by atoms with Crippen LogP contribution >= 0.6 is 11.5 Å². The fourth-order valence-corrected chi connectivity index (χ4v) is 2.10. The third kappa shape index (κ3) is 1.81. The molecule has 0 unspecified atom stereocenters. The largest absolute Gasteiger partial charge is 0.288 e. The summed E-state index contributed by atoms with van der Waals surface area (Å²) in [5, 5.41) is 4.62.